The van der Waals surface area contributed by atoms with E-state index >= 15 is 0 Å². The van der Waals surface area contributed by atoms with Crippen LogP contribution in [0.3, 0.4) is 0 Å². The molecular weight excluding hydrogens is 190 g/mol. The zero-order chi connectivity index (χ0) is 10.8. The second kappa shape index (κ2) is 4.52. The maximum Gasteiger partial charge on any atom is 0.321 e. The second-order valence-electron chi connectivity index (χ2n) is 5.17. The van der Waals surface area contributed by atoms with Crippen molar-refractivity contribution in [2.45, 2.75) is 45.1 Å². The Morgan fingerprint density at radius 2 is 2.13 bits per heavy atom. The van der Waals surface area contributed by atoms with Crippen molar-refractivity contribution >= 4 is 5.97 Å². The number of hydrogen-bond acceptors (Lipinski definition) is 2. The van der Waals surface area contributed by atoms with Crippen molar-refractivity contribution in [2.75, 3.05) is 13.1 Å². The van der Waals surface area contributed by atoms with Gasteiger partial charge in [-0.2, -0.15) is 0 Å². The average molecular weight is 211 g/mol. The van der Waals surface area contributed by atoms with Crippen LogP contribution in [0.25, 0.3) is 0 Å². The Morgan fingerprint density at radius 1 is 1.40 bits per heavy atom. The smallest absolute Gasteiger partial charge is 0.321 e. The first-order valence-corrected chi connectivity index (χ1v) is 6.15. The molecule has 2 rings (SSSR count). The van der Waals surface area contributed by atoms with E-state index in [0.717, 1.165) is 31.8 Å². The molecule has 86 valence electrons. The van der Waals surface area contributed by atoms with Gasteiger partial charge in [-0.05, 0) is 44.2 Å². The van der Waals surface area contributed by atoms with Gasteiger partial charge in [0.15, 0.2) is 0 Å². The summed E-state index contributed by atoms with van der Waals surface area (Å²) in [5.74, 6) is 0.588. The molecule has 0 spiro atoms. The fourth-order valence-corrected chi connectivity index (χ4v) is 2.68. The second-order valence-corrected chi connectivity index (χ2v) is 5.17. The zero-order valence-electron chi connectivity index (χ0n) is 9.48. The molecule has 1 heterocycles. The summed E-state index contributed by atoms with van der Waals surface area (Å²) in [6, 6.07) is -0.225. The Kier molecular flexibility index (Phi) is 3.29. The summed E-state index contributed by atoms with van der Waals surface area (Å²) in [6.45, 7) is 4.04. The molecule has 1 aliphatic heterocycles. The van der Waals surface area contributed by atoms with Crippen molar-refractivity contribution in [3.8, 4) is 0 Å². The molecule has 0 radical (unpaired) electrons. The summed E-state index contributed by atoms with van der Waals surface area (Å²) in [5, 5.41) is 9.22. The lowest BCUT2D eigenvalue weighted by atomic mass is 9.90. The minimum absolute atomic E-state index is 0.225. The third kappa shape index (κ3) is 2.71. The van der Waals surface area contributed by atoms with Gasteiger partial charge in [0.05, 0.1) is 0 Å². The number of nitrogens with zero attached hydrogens (tertiary/aromatic N) is 1. The van der Waals surface area contributed by atoms with Gasteiger partial charge < -0.3 is 5.11 Å². The molecule has 0 amide bonds. The molecule has 1 saturated carbocycles. The molecule has 2 unspecified atom stereocenters. The first-order valence-electron chi connectivity index (χ1n) is 6.15. The molecule has 1 aliphatic carbocycles. The molecule has 1 saturated heterocycles. The van der Waals surface area contributed by atoms with Gasteiger partial charge >= 0.3 is 5.97 Å². The van der Waals surface area contributed by atoms with Gasteiger partial charge in [-0.3, -0.25) is 9.69 Å². The van der Waals surface area contributed by atoms with Crippen LogP contribution in [-0.4, -0.2) is 35.1 Å². The van der Waals surface area contributed by atoms with E-state index in [-0.39, 0.29) is 6.04 Å². The molecule has 15 heavy (non-hydrogen) atoms. The van der Waals surface area contributed by atoms with Gasteiger partial charge in [0.2, 0.25) is 0 Å². The Hall–Kier alpha value is -0.570. The van der Waals surface area contributed by atoms with Gasteiger partial charge in [0, 0.05) is 0 Å². The molecule has 2 aliphatic rings. The molecule has 1 N–H and O–H groups in total. The van der Waals surface area contributed by atoms with Crippen LogP contribution in [0, 0.1) is 11.8 Å². The lowest BCUT2D eigenvalue weighted by Crippen LogP contribution is -2.49. The van der Waals surface area contributed by atoms with Crippen LogP contribution >= 0.6 is 0 Å². The van der Waals surface area contributed by atoms with Crippen molar-refractivity contribution in [3.63, 3.8) is 0 Å². The largest absolute Gasteiger partial charge is 0.480 e. The minimum atomic E-state index is -0.627. The standard InChI is InChI=1S/C12H21NO2/c1-9-3-2-7-13(11(9)12(14)15)8-6-10-4-5-10/h9-11H,2-8H2,1H3,(H,14,15). The maximum atomic E-state index is 11.2. The highest BCUT2D eigenvalue weighted by atomic mass is 16.4. The van der Waals surface area contributed by atoms with E-state index in [2.05, 4.69) is 11.8 Å². The summed E-state index contributed by atoms with van der Waals surface area (Å²) in [6.07, 6.45) is 6.16. The topological polar surface area (TPSA) is 40.5 Å². The third-order valence-corrected chi connectivity index (χ3v) is 3.81. The lowest BCUT2D eigenvalue weighted by Gasteiger charge is -2.37. The van der Waals surface area contributed by atoms with Gasteiger partial charge in [-0.15, -0.1) is 0 Å². The van der Waals surface area contributed by atoms with Crippen LogP contribution in [0.1, 0.15) is 39.0 Å². The number of rotatable bonds is 4. The van der Waals surface area contributed by atoms with E-state index < -0.39 is 5.97 Å². The number of hydrogen-bond donors (Lipinski definition) is 1. The fourth-order valence-electron chi connectivity index (χ4n) is 2.68. The van der Waals surface area contributed by atoms with Gasteiger partial charge in [0.25, 0.3) is 0 Å². The van der Waals surface area contributed by atoms with Crippen molar-refractivity contribution in [2.24, 2.45) is 11.8 Å². The molecule has 3 heteroatoms. The zero-order valence-corrected chi connectivity index (χ0v) is 9.48. The molecule has 0 aromatic carbocycles. The van der Waals surface area contributed by atoms with E-state index in [0.29, 0.717) is 5.92 Å². The number of likely N-dealkylation sites (tertiary alicyclic amines) is 1. The monoisotopic (exact) mass is 211 g/mol. The first-order chi connectivity index (χ1) is 7.18. The Balaban J connectivity index is 1.89. The Morgan fingerprint density at radius 3 is 2.73 bits per heavy atom. The van der Waals surface area contributed by atoms with E-state index in [9.17, 15) is 9.90 Å². The SMILES string of the molecule is CC1CCCN(CCC2CC2)C1C(=O)O. The van der Waals surface area contributed by atoms with Crippen LogP contribution in [-0.2, 0) is 4.79 Å². The number of carboxylic acid groups (broad SMARTS) is 1. The van der Waals surface area contributed by atoms with Crippen LogP contribution in [0.5, 0.6) is 0 Å². The van der Waals surface area contributed by atoms with Crippen molar-refractivity contribution < 1.29 is 9.90 Å². The minimum Gasteiger partial charge on any atom is -0.480 e. The van der Waals surface area contributed by atoms with E-state index in [1.807, 2.05) is 0 Å². The maximum absolute atomic E-state index is 11.2. The van der Waals surface area contributed by atoms with Crippen molar-refractivity contribution in [3.05, 3.63) is 0 Å². The van der Waals surface area contributed by atoms with Gasteiger partial charge in [-0.1, -0.05) is 19.8 Å². The predicted octanol–water partition coefficient (Wildman–Crippen LogP) is 1.97. The van der Waals surface area contributed by atoms with E-state index in [4.69, 9.17) is 0 Å². The van der Waals surface area contributed by atoms with Crippen molar-refractivity contribution in [1.82, 2.24) is 4.90 Å². The molecule has 0 bridgehead atoms. The van der Waals surface area contributed by atoms with Gasteiger partial charge in [0.1, 0.15) is 6.04 Å². The first kappa shape index (κ1) is 10.9. The number of piperidine rings is 1. The summed E-state index contributed by atoms with van der Waals surface area (Å²) in [4.78, 5) is 13.4. The predicted molar refractivity (Wildman–Crippen MR) is 58.7 cm³/mol. The van der Waals surface area contributed by atoms with Crippen LogP contribution < -0.4 is 0 Å². The van der Waals surface area contributed by atoms with Crippen LogP contribution in [0.4, 0.5) is 0 Å². The van der Waals surface area contributed by atoms with Crippen molar-refractivity contribution in [1.29, 1.82) is 0 Å². The fraction of sp³-hybridized carbons (Fsp3) is 0.917. The normalized spacial score (nSPS) is 32.9. The number of carboxylic acids is 1. The Bertz CT molecular complexity index is 238. The average Bonchev–Trinajstić information content (AvgIpc) is 2.97. The molecular formula is C12H21NO2. The lowest BCUT2D eigenvalue weighted by molar-refractivity contribution is -0.146. The number of aliphatic carboxylic acids is 1. The van der Waals surface area contributed by atoms with E-state index in [1.54, 1.807) is 0 Å². The molecule has 3 nitrogen and oxygen atoms in total. The summed E-state index contributed by atoms with van der Waals surface area (Å²) in [5.41, 5.74) is 0. The van der Waals surface area contributed by atoms with Crippen LogP contribution in [0.2, 0.25) is 0 Å². The van der Waals surface area contributed by atoms with E-state index in [1.165, 1.54) is 19.3 Å². The quantitative estimate of drug-likeness (QED) is 0.773. The molecule has 0 aromatic heterocycles. The Labute approximate surface area is 91.5 Å². The number of carbonyl (C=O) groups is 1. The highest BCUT2D eigenvalue weighted by molar-refractivity contribution is 5.74. The molecule has 2 fully saturated rings. The summed E-state index contributed by atoms with van der Waals surface area (Å²) < 4.78 is 0. The highest BCUT2D eigenvalue weighted by Gasteiger charge is 2.34. The van der Waals surface area contributed by atoms with Crippen LogP contribution in [0.15, 0.2) is 0 Å². The third-order valence-electron chi connectivity index (χ3n) is 3.81. The van der Waals surface area contributed by atoms with Gasteiger partial charge in [-0.25, -0.2) is 0 Å². The summed E-state index contributed by atoms with van der Waals surface area (Å²) in [7, 11) is 0. The molecule has 0 aromatic rings. The highest BCUT2D eigenvalue weighted by Crippen LogP contribution is 2.33. The molecule has 2 atom stereocenters. The summed E-state index contributed by atoms with van der Waals surface area (Å²) >= 11 is 0.